The van der Waals surface area contributed by atoms with Gasteiger partial charge in [0.15, 0.2) is 20.1 Å². The monoisotopic (exact) mass is 526 g/mol. The van der Waals surface area contributed by atoms with Gasteiger partial charge in [0.1, 0.15) is 11.4 Å². The third-order valence-electron chi connectivity index (χ3n) is 3.74. The number of hydrogen-bond acceptors (Lipinski definition) is 8. The van der Waals surface area contributed by atoms with Gasteiger partial charge in [-0.05, 0) is 20.3 Å². The molecule has 4 rings (SSSR count). The molecule has 0 spiro atoms. The van der Waals surface area contributed by atoms with Crippen LogP contribution in [-0.2, 0) is 20.0 Å². The van der Waals surface area contributed by atoms with Crippen LogP contribution in [0.3, 0.4) is 0 Å². The summed E-state index contributed by atoms with van der Waals surface area (Å²) >= 11 is 1.68. The fraction of sp³-hybridized carbons (Fsp3) is 0.375. The Hall–Kier alpha value is -2.30. The van der Waals surface area contributed by atoms with Crippen molar-refractivity contribution in [2.75, 3.05) is 17.2 Å². The predicted molar refractivity (Wildman–Crippen MR) is 122 cm³/mol. The number of fused-ring (bicyclic) bond motifs is 2. The molecule has 0 amide bonds. The number of nitrogens with one attached hydrogen (secondary N) is 4. The summed E-state index contributed by atoms with van der Waals surface area (Å²) in [6, 6.07) is -0.0894. The SMILES string of the molecule is CC(C)N=C1Nc2c(F)csc2S(=O)(=O)N1.CCCN=C1Nc2c(F)csc2S(=O)(=O)N1. The molecular weight excluding hydrogens is 506 g/mol. The van der Waals surface area contributed by atoms with Crippen LogP contribution in [0, 0.1) is 11.6 Å². The number of rotatable bonds is 3. The van der Waals surface area contributed by atoms with Crippen molar-refractivity contribution in [1.29, 1.82) is 0 Å². The van der Waals surface area contributed by atoms with Crippen LogP contribution < -0.4 is 20.1 Å². The molecule has 4 N–H and O–H groups in total. The Balaban J connectivity index is 0.000000181. The Labute approximate surface area is 192 Å². The van der Waals surface area contributed by atoms with Gasteiger partial charge in [-0.1, -0.05) is 6.92 Å². The van der Waals surface area contributed by atoms with Crippen LogP contribution in [0.4, 0.5) is 20.2 Å². The second kappa shape index (κ2) is 9.29. The summed E-state index contributed by atoms with van der Waals surface area (Å²) in [5.41, 5.74) is -0.0400. The minimum atomic E-state index is -3.68. The Morgan fingerprint density at radius 1 is 0.906 bits per heavy atom. The van der Waals surface area contributed by atoms with Gasteiger partial charge in [-0.2, -0.15) is 0 Å². The molecule has 0 saturated carbocycles. The van der Waals surface area contributed by atoms with Gasteiger partial charge in [0.2, 0.25) is 11.9 Å². The lowest BCUT2D eigenvalue weighted by Gasteiger charge is -2.18. The molecule has 2 aliphatic rings. The van der Waals surface area contributed by atoms with E-state index < -0.39 is 31.7 Å². The maximum Gasteiger partial charge on any atom is 0.275 e. The second-order valence-electron chi connectivity index (χ2n) is 6.75. The number of aliphatic imine (C=N–C) groups is 2. The highest BCUT2D eigenvalue weighted by Gasteiger charge is 2.32. The topological polar surface area (TPSA) is 141 Å². The lowest BCUT2D eigenvalue weighted by molar-refractivity contribution is 0.589. The molecule has 0 bridgehead atoms. The van der Waals surface area contributed by atoms with Gasteiger partial charge in [-0.25, -0.2) is 40.1 Å². The highest BCUT2D eigenvalue weighted by atomic mass is 32.3. The molecule has 176 valence electrons. The number of halogens is 2. The minimum Gasteiger partial charge on any atom is -0.321 e. The van der Waals surface area contributed by atoms with E-state index in [0.29, 0.717) is 6.54 Å². The Kier molecular flexibility index (Phi) is 7.06. The van der Waals surface area contributed by atoms with Gasteiger partial charge in [-0.3, -0.25) is 4.99 Å². The van der Waals surface area contributed by atoms with Gasteiger partial charge < -0.3 is 10.6 Å². The number of hydrogen-bond donors (Lipinski definition) is 4. The number of nitrogens with zero attached hydrogens (tertiary/aromatic N) is 2. The van der Waals surface area contributed by atoms with Gasteiger partial charge in [0, 0.05) is 23.3 Å². The third-order valence-corrected chi connectivity index (χ3v) is 9.43. The summed E-state index contributed by atoms with van der Waals surface area (Å²) in [4.78, 5) is 7.97. The lowest BCUT2D eigenvalue weighted by Crippen LogP contribution is -2.40. The van der Waals surface area contributed by atoms with Crippen molar-refractivity contribution in [2.24, 2.45) is 9.98 Å². The molecule has 0 aliphatic carbocycles. The molecule has 4 heterocycles. The normalized spacial score (nSPS) is 20.2. The first kappa shape index (κ1) is 24.3. The molecule has 0 radical (unpaired) electrons. The van der Waals surface area contributed by atoms with Crippen molar-refractivity contribution >= 4 is 66.0 Å². The zero-order valence-corrected chi connectivity index (χ0v) is 20.3. The van der Waals surface area contributed by atoms with Crippen LogP contribution in [0.2, 0.25) is 0 Å². The van der Waals surface area contributed by atoms with E-state index in [1.807, 2.05) is 6.92 Å². The maximum absolute atomic E-state index is 13.3. The molecule has 0 aromatic carbocycles. The molecule has 0 fully saturated rings. The summed E-state index contributed by atoms with van der Waals surface area (Å²) in [5.74, 6) is -1.03. The molecule has 32 heavy (non-hydrogen) atoms. The maximum atomic E-state index is 13.3. The van der Waals surface area contributed by atoms with Gasteiger partial charge >= 0.3 is 0 Å². The number of anilines is 2. The summed E-state index contributed by atoms with van der Waals surface area (Å²) in [6.07, 6.45) is 0.784. The van der Waals surface area contributed by atoms with E-state index in [1.165, 1.54) is 0 Å². The Morgan fingerprint density at radius 2 is 1.38 bits per heavy atom. The fourth-order valence-corrected chi connectivity index (χ4v) is 7.00. The summed E-state index contributed by atoms with van der Waals surface area (Å²) < 4.78 is 77.7. The van der Waals surface area contributed by atoms with Crippen LogP contribution in [0.15, 0.2) is 29.2 Å². The molecule has 0 unspecified atom stereocenters. The van der Waals surface area contributed by atoms with Gasteiger partial charge in [-0.15, -0.1) is 22.7 Å². The molecule has 16 heteroatoms. The van der Waals surface area contributed by atoms with Crippen LogP contribution >= 0.6 is 22.7 Å². The van der Waals surface area contributed by atoms with Crippen molar-refractivity contribution in [3.05, 3.63) is 22.4 Å². The standard InChI is InChI=1S/2C8H10FN3O2S2/c1-4(2)10-8-11-6-5(9)3-15-7(6)16(13,14)12-8;1-2-3-10-8-11-6-5(9)4-15-7(6)16(13,14)12-8/h3-4H,1-2H3,(H2,10,11,12);4H,2-3H2,1H3,(H2,10,11,12). The first-order valence-electron chi connectivity index (χ1n) is 9.20. The van der Waals surface area contributed by atoms with E-state index in [4.69, 9.17) is 0 Å². The van der Waals surface area contributed by atoms with E-state index in [2.05, 4.69) is 30.1 Å². The van der Waals surface area contributed by atoms with Crippen molar-refractivity contribution in [3.8, 4) is 0 Å². The van der Waals surface area contributed by atoms with Crippen molar-refractivity contribution in [1.82, 2.24) is 9.44 Å². The third kappa shape index (κ3) is 5.19. The van der Waals surface area contributed by atoms with Crippen LogP contribution in [0.5, 0.6) is 0 Å². The average molecular weight is 527 g/mol. The van der Waals surface area contributed by atoms with Crippen molar-refractivity contribution < 1.29 is 25.6 Å². The van der Waals surface area contributed by atoms with E-state index in [9.17, 15) is 25.6 Å². The largest absolute Gasteiger partial charge is 0.321 e. The number of guanidine groups is 2. The molecule has 2 aromatic heterocycles. The van der Waals surface area contributed by atoms with Crippen molar-refractivity contribution in [3.63, 3.8) is 0 Å². The second-order valence-corrected chi connectivity index (χ2v) is 12.3. The van der Waals surface area contributed by atoms with Crippen LogP contribution in [0.1, 0.15) is 27.2 Å². The fourth-order valence-electron chi connectivity index (χ4n) is 2.51. The lowest BCUT2D eigenvalue weighted by atomic mass is 10.4. The summed E-state index contributed by atoms with van der Waals surface area (Å²) in [5, 5.41) is 7.56. The van der Waals surface area contributed by atoms with Crippen molar-refractivity contribution in [2.45, 2.75) is 41.7 Å². The van der Waals surface area contributed by atoms with E-state index in [0.717, 1.165) is 39.9 Å². The molecule has 0 atom stereocenters. The first-order valence-corrected chi connectivity index (χ1v) is 13.9. The molecular formula is C16H20F2N6O4S4. The summed E-state index contributed by atoms with van der Waals surface area (Å²) in [6.45, 7) is 5.98. The minimum absolute atomic E-state index is 0.0152. The van der Waals surface area contributed by atoms with Gasteiger partial charge in [0.05, 0.1) is 0 Å². The average Bonchev–Trinajstić information content (AvgIpc) is 3.24. The highest BCUT2D eigenvalue weighted by molar-refractivity contribution is 7.92. The first-order chi connectivity index (χ1) is 14.9. The molecule has 0 saturated heterocycles. The summed E-state index contributed by atoms with van der Waals surface area (Å²) in [7, 11) is -7.35. The van der Waals surface area contributed by atoms with E-state index in [-0.39, 0.29) is 37.8 Å². The predicted octanol–water partition coefficient (Wildman–Crippen LogP) is 2.71. The zero-order valence-electron chi connectivity index (χ0n) is 17.1. The molecule has 2 aliphatic heterocycles. The molecule has 10 nitrogen and oxygen atoms in total. The number of thiophene rings is 2. The van der Waals surface area contributed by atoms with E-state index >= 15 is 0 Å². The molecule has 2 aromatic rings. The van der Waals surface area contributed by atoms with Crippen LogP contribution in [-0.4, -0.2) is 41.3 Å². The smallest absolute Gasteiger partial charge is 0.275 e. The highest BCUT2D eigenvalue weighted by Crippen LogP contribution is 2.34. The van der Waals surface area contributed by atoms with Crippen LogP contribution in [0.25, 0.3) is 0 Å². The Bertz CT molecular complexity index is 1280. The number of sulfonamides is 2. The van der Waals surface area contributed by atoms with E-state index in [1.54, 1.807) is 13.8 Å². The van der Waals surface area contributed by atoms with Gasteiger partial charge in [0.25, 0.3) is 20.0 Å². The quantitative estimate of drug-likeness (QED) is 0.485. The zero-order chi connectivity index (χ0) is 23.7. The Morgan fingerprint density at radius 3 is 1.84 bits per heavy atom.